The highest BCUT2D eigenvalue weighted by atomic mass is 35.5. The van der Waals surface area contributed by atoms with Crippen LogP contribution in [0, 0.1) is 0 Å². The average Bonchev–Trinajstić information content (AvgIpc) is 3.33. The Kier molecular flexibility index (Phi) is 9.00. The Morgan fingerprint density at radius 2 is 1.70 bits per heavy atom. The van der Waals surface area contributed by atoms with Gasteiger partial charge in [0.15, 0.2) is 11.0 Å². The number of thioether (sulfide) groups is 1. The van der Waals surface area contributed by atoms with E-state index in [1.165, 1.54) is 17.8 Å². The predicted molar refractivity (Wildman–Crippen MR) is 151 cm³/mol. The number of hydrogen-bond acceptors (Lipinski definition) is 5. The number of halogens is 2. The summed E-state index contributed by atoms with van der Waals surface area (Å²) in [6.45, 7) is 2.60. The first-order chi connectivity index (χ1) is 17.9. The maximum Gasteiger partial charge on any atom is 0.248 e. The topological polar surface area (TPSA) is 88.9 Å². The molecule has 0 fully saturated rings. The third-order valence-electron chi connectivity index (χ3n) is 5.23. The number of nitrogens with one attached hydrogen (secondary N) is 2. The van der Waals surface area contributed by atoms with Crippen molar-refractivity contribution in [3.8, 4) is 11.4 Å². The van der Waals surface area contributed by atoms with Crippen molar-refractivity contribution in [2.75, 3.05) is 16.4 Å². The number of carbonyl (C=O) groups excluding carboxylic acids is 2. The molecule has 0 radical (unpaired) electrons. The largest absolute Gasteiger partial charge is 0.324 e. The quantitative estimate of drug-likeness (QED) is 0.179. The van der Waals surface area contributed by atoms with Crippen LogP contribution in [-0.4, -0.2) is 32.3 Å². The lowest BCUT2D eigenvalue weighted by atomic mass is 10.2. The van der Waals surface area contributed by atoms with Crippen LogP contribution in [0.4, 0.5) is 11.4 Å². The van der Waals surface area contributed by atoms with Crippen LogP contribution in [0.2, 0.25) is 10.0 Å². The molecule has 0 aliphatic rings. The number of rotatable bonds is 9. The van der Waals surface area contributed by atoms with Gasteiger partial charge in [-0.25, -0.2) is 0 Å². The fourth-order valence-corrected chi connectivity index (χ4v) is 4.58. The molecule has 0 saturated heterocycles. The zero-order valence-corrected chi connectivity index (χ0v) is 22.1. The maximum atomic E-state index is 12.4. The zero-order chi connectivity index (χ0) is 26.2. The number of benzene rings is 3. The van der Waals surface area contributed by atoms with Crippen molar-refractivity contribution in [3.63, 3.8) is 0 Å². The van der Waals surface area contributed by atoms with Gasteiger partial charge < -0.3 is 15.2 Å². The van der Waals surface area contributed by atoms with Gasteiger partial charge in [-0.1, -0.05) is 71.4 Å². The fraction of sp³-hybridized carbons (Fsp3) is 0.111. The van der Waals surface area contributed by atoms with Gasteiger partial charge in [-0.15, -0.1) is 10.2 Å². The van der Waals surface area contributed by atoms with Crippen LogP contribution >= 0.6 is 35.0 Å². The van der Waals surface area contributed by atoms with Crippen molar-refractivity contribution in [3.05, 3.63) is 94.5 Å². The van der Waals surface area contributed by atoms with Crippen molar-refractivity contribution >= 4 is 64.2 Å². The summed E-state index contributed by atoms with van der Waals surface area (Å²) in [7, 11) is 0. The highest BCUT2D eigenvalue weighted by Crippen LogP contribution is 2.30. The molecule has 0 saturated carbocycles. The summed E-state index contributed by atoms with van der Waals surface area (Å²) >= 11 is 13.4. The second-order valence-electron chi connectivity index (χ2n) is 7.80. The van der Waals surface area contributed by atoms with Gasteiger partial charge in [0.25, 0.3) is 0 Å². The van der Waals surface area contributed by atoms with Crippen LogP contribution in [0.15, 0.2) is 84.0 Å². The highest BCUT2D eigenvalue weighted by Gasteiger charge is 2.16. The molecular formula is C27H23Cl2N5O2S. The molecule has 4 rings (SSSR count). The lowest BCUT2D eigenvalue weighted by Crippen LogP contribution is -2.15. The number of aromatic nitrogens is 3. The molecule has 0 aliphatic carbocycles. The molecule has 188 valence electrons. The molecule has 0 atom stereocenters. The van der Waals surface area contributed by atoms with Gasteiger partial charge in [0.2, 0.25) is 11.8 Å². The van der Waals surface area contributed by atoms with E-state index >= 15 is 0 Å². The molecule has 7 nitrogen and oxygen atoms in total. The van der Waals surface area contributed by atoms with Crippen LogP contribution < -0.4 is 10.6 Å². The molecule has 1 heterocycles. The van der Waals surface area contributed by atoms with Crippen LogP contribution in [0.5, 0.6) is 0 Å². The summed E-state index contributed by atoms with van der Waals surface area (Å²) in [5.41, 5.74) is 2.92. The Labute approximate surface area is 228 Å². The third kappa shape index (κ3) is 7.01. The molecule has 2 amide bonds. The fourth-order valence-electron chi connectivity index (χ4n) is 3.43. The first-order valence-electron chi connectivity index (χ1n) is 11.4. The lowest BCUT2D eigenvalue weighted by Gasteiger charge is -2.09. The van der Waals surface area contributed by atoms with E-state index < -0.39 is 0 Å². The Bertz CT molecular complexity index is 1420. The third-order valence-corrected chi connectivity index (χ3v) is 7.01. The molecule has 0 spiro atoms. The van der Waals surface area contributed by atoms with Gasteiger partial charge in [-0.2, -0.15) is 0 Å². The molecule has 1 aromatic heterocycles. The minimum Gasteiger partial charge on any atom is -0.324 e. The van der Waals surface area contributed by atoms with Crippen LogP contribution in [0.3, 0.4) is 0 Å². The predicted octanol–water partition coefficient (Wildman–Crippen LogP) is 6.65. The zero-order valence-electron chi connectivity index (χ0n) is 19.8. The Morgan fingerprint density at radius 3 is 2.43 bits per heavy atom. The van der Waals surface area contributed by atoms with E-state index in [4.69, 9.17) is 23.2 Å². The van der Waals surface area contributed by atoms with E-state index in [-0.39, 0.29) is 17.6 Å². The number of amides is 2. The van der Waals surface area contributed by atoms with E-state index in [9.17, 15) is 9.59 Å². The van der Waals surface area contributed by atoms with Crippen molar-refractivity contribution in [1.29, 1.82) is 0 Å². The SMILES string of the molecule is CCn1c(SCC(=O)Nc2cccc(Cl)c2Cl)nnc1-c1ccc(NC(=O)C=Cc2ccccc2)cc1. The Balaban J connectivity index is 1.37. The first-order valence-corrected chi connectivity index (χ1v) is 13.1. The van der Waals surface area contributed by atoms with Crippen molar-refractivity contribution < 1.29 is 9.59 Å². The number of carbonyl (C=O) groups is 2. The Morgan fingerprint density at radius 1 is 0.946 bits per heavy atom. The van der Waals surface area contributed by atoms with E-state index in [0.29, 0.717) is 38.9 Å². The number of anilines is 2. The minimum absolute atomic E-state index is 0.127. The van der Waals surface area contributed by atoms with Gasteiger partial charge in [-0.3, -0.25) is 9.59 Å². The molecule has 3 aromatic carbocycles. The second kappa shape index (κ2) is 12.6. The summed E-state index contributed by atoms with van der Waals surface area (Å²) in [5, 5.41) is 15.5. The molecule has 0 bridgehead atoms. The summed E-state index contributed by atoms with van der Waals surface area (Å²) in [6, 6.07) is 22.0. The summed E-state index contributed by atoms with van der Waals surface area (Å²) in [5.74, 6) is 0.347. The van der Waals surface area contributed by atoms with E-state index in [1.54, 1.807) is 24.3 Å². The van der Waals surface area contributed by atoms with E-state index in [1.807, 2.05) is 66.1 Å². The summed E-state index contributed by atoms with van der Waals surface area (Å²) < 4.78 is 1.93. The van der Waals surface area contributed by atoms with Crippen LogP contribution in [-0.2, 0) is 16.1 Å². The first kappa shape index (κ1) is 26.5. The maximum absolute atomic E-state index is 12.4. The van der Waals surface area contributed by atoms with E-state index in [2.05, 4.69) is 20.8 Å². The molecule has 10 heteroatoms. The van der Waals surface area contributed by atoms with Crippen molar-refractivity contribution in [2.45, 2.75) is 18.6 Å². The van der Waals surface area contributed by atoms with Gasteiger partial charge in [-0.05, 0) is 55.0 Å². The summed E-state index contributed by atoms with van der Waals surface area (Å²) in [6.07, 6.45) is 3.26. The normalized spacial score (nSPS) is 11.0. The van der Waals surface area contributed by atoms with Gasteiger partial charge in [0, 0.05) is 23.9 Å². The highest BCUT2D eigenvalue weighted by molar-refractivity contribution is 7.99. The number of nitrogens with zero attached hydrogens (tertiary/aromatic N) is 3. The van der Waals surface area contributed by atoms with Crippen molar-refractivity contribution in [2.24, 2.45) is 0 Å². The lowest BCUT2D eigenvalue weighted by molar-refractivity contribution is -0.114. The van der Waals surface area contributed by atoms with Gasteiger partial charge in [0.05, 0.1) is 21.5 Å². The monoisotopic (exact) mass is 551 g/mol. The summed E-state index contributed by atoms with van der Waals surface area (Å²) in [4.78, 5) is 24.7. The molecule has 0 aliphatic heterocycles. The van der Waals surface area contributed by atoms with Crippen LogP contribution in [0.25, 0.3) is 17.5 Å². The molecule has 4 aromatic rings. The smallest absolute Gasteiger partial charge is 0.248 e. The number of hydrogen-bond donors (Lipinski definition) is 2. The van der Waals surface area contributed by atoms with Gasteiger partial charge >= 0.3 is 0 Å². The minimum atomic E-state index is -0.234. The van der Waals surface area contributed by atoms with Crippen molar-refractivity contribution in [1.82, 2.24) is 14.8 Å². The second-order valence-corrected chi connectivity index (χ2v) is 9.53. The van der Waals surface area contributed by atoms with Crippen LogP contribution in [0.1, 0.15) is 12.5 Å². The van der Waals surface area contributed by atoms with E-state index in [0.717, 1.165) is 11.1 Å². The molecular weight excluding hydrogens is 529 g/mol. The molecule has 2 N–H and O–H groups in total. The standard InChI is InChI=1S/C27H23Cl2N5O2S/c1-2-34-26(32-33-27(34)37-17-24(36)31-22-10-6-9-21(28)25(22)29)19-12-14-20(15-13-19)30-23(35)16-11-18-7-4-3-5-8-18/h3-16H,2,17H2,1H3,(H,30,35)(H,31,36). The molecule has 37 heavy (non-hydrogen) atoms. The molecule has 0 unspecified atom stereocenters. The Hall–Kier alpha value is -3.59. The van der Waals surface area contributed by atoms with Gasteiger partial charge in [0.1, 0.15) is 0 Å². The average molecular weight is 552 g/mol.